The molecule has 0 unspecified atom stereocenters. The van der Waals surface area contributed by atoms with Crippen molar-refractivity contribution < 1.29 is 19.1 Å². The number of carbonyl (C=O) groups is 2. The maximum absolute atomic E-state index is 12.7. The minimum atomic E-state index is -0.719. The van der Waals surface area contributed by atoms with Crippen molar-refractivity contribution in [3.8, 4) is 11.5 Å². The summed E-state index contributed by atoms with van der Waals surface area (Å²) in [5.74, 6) is 0.830. The molecule has 0 fully saturated rings. The van der Waals surface area contributed by atoms with Gasteiger partial charge < -0.3 is 20.1 Å². The summed E-state index contributed by atoms with van der Waals surface area (Å²) in [5.41, 5.74) is 3.05. The summed E-state index contributed by atoms with van der Waals surface area (Å²) in [7, 11) is 1.63. The first-order valence-electron chi connectivity index (χ1n) is 10.5. The molecule has 3 aromatic carbocycles. The van der Waals surface area contributed by atoms with Crippen LogP contribution in [0.15, 0.2) is 72.8 Å². The zero-order valence-corrected chi connectivity index (χ0v) is 18.6. The summed E-state index contributed by atoms with van der Waals surface area (Å²) in [4.78, 5) is 25.3. The summed E-state index contributed by atoms with van der Waals surface area (Å²) in [5, 5.41) is 5.72. The highest BCUT2D eigenvalue weighted by molar-refractivity contribution is 6.04. The van der Waals surface area contributed by atoms with Crippen molar-refractivity contribution in [2.24, 2.45) is 0 Å². The second-order valence-electron chi connectivity index (χ2n) is 7.46. The quantitative estimate of drug-likeness (QED) is 0.526. The Morgan fingerprint density at radius 1 is 0.906 bits per heavy atom. The first kappa shape index (κ1) is 22.9. The number of ether oxygens (including phenoxy) is 2. The van der Waals surface area contributed by atoms with Crippen molar-refractivity contribution in [1.82, 2.24) is 5.32 Å². The van der Waals surface area contributed by atoms with Crippen molar-refractivity contribution in [2.75, 3.05) is 19.0 Å². The molecule has 6 nitrogen and oxygen atoms in total. The molecular formula is C26H28N2O4. The number of hydrogen-bond donors (Lipinski definition) is 2. The Labute approximate surface area is 188 Å². The van der Waals surface area contributed by atoms with Crippen LogP contribution in [0.3, 0.4) is 0 Å². The number of aryl methyl sites for hydroxylation is 1. The SMILES string of the molecule is COc1ccc(CCNC(=O)c2ccccc2NC(=O)[C@@H](C)Oc2ccc(C)cc2)cc1. The standard InChI is InChI=1S/C26H28N2O4/c1-18-8-12-22(13-9-18)32-19(2)25(29)28-24-7-5-4-6-23(24)26(30)27-17-16-20-10-14-21(31-3)15-11-20/h4-15,19H,16-17H2,1-3H3,(H,27,30)(H,28,29)/t19-/m1/s1. The number of carbonyl (C=O) groups excluding carboxylic acids is 2. The monoisotopic (exact) mass is 432 g/mol. The van der Waals surface area contributed by atoms with E-state index >= 15 is 0 Å². The summed E-state index contributed by atoms with van der Waals surface area (Å²) in [6, 6.07) is 22.1. The number of amides is 2. The van der Waals surface area contributed by atoms with E-state index in [9.17, 15) is 9.59 Å². The predicted molar refractivity (Wildman–Crippen MR) is 125 cm³/mol. The molecule has 6 heteroatoms. The number of anilines is 1. The molecule has 0 saturated heterocycles. The molecule has 0 aliphatic carbocycles. The Morgan fingerprint density at radius 3 is 2.25 bits per heavy atom. The Morgan fingerprint density at radius 2 is 1.56 bits per heavy atom. The average molecular weight is 433 g/mol. The summed E-state index contributed by atoms with van der Waals surface area (Å²) >= 11 is 0. The number of rotatable bonds is 9. The maximum atomic E-state index is 12.7. The molecule has 32 heavy (non-hydrogen) atoms. The third-order valence-electron chi connectivity index (χ3n) is 4.99. The third-order valence-corrected chi connectivity index (χ3v) is 4.99. The second-order valence-corrected chi connectivity index (χ2v) is 7.46. The van der Waals surface area contributed by atoms with Gasteiger partial charge in [-0.2, -0.15) is 0 Å². The molecule has 0 aromatic heterocycles. The van der Waals surface area contributed by atoms with Crippen molar-refractivity contribution in [3.63, 3.8) is 0 Å². The molecular weight excluding hydrogens is 404 g/mol. The van der Waals surface area contributed by atoms with E-state index in [1.165, 1.54) is 0 Å². The number of nitrogens with one attached hydrogen (secondary N) is 2. The van der Waals surface area contributed by atoms with E-state index in [4.69, 9.17) is 9.47 Å². The van der Waals surface area contributed by atoms with Crippen LogP contribution in [0.5, 0.6) is 11.5 Å². The minimum absolute atomic E-state index is 0.249. The fourth-order valence-corrected chi connectivity index (χ4v) is 3.11. The lowest BCUT2D eigenvalue weighted by atomic mass is 10.1. The van der Waals surface area contributed by atoms with E-state index in [0.29, 0.717) is 30.0 Å². The van der Waals surface area contributed by atoms with Crippen molar-refractivity contribution in [3.05, 3.63) is 89.5 Å². The molecule has 2 amide bonds. The van der Waals surface area contributed by atoms with E-state index in [-0.39, 0.29) is 11.8 Å². The molecule has 3 rings (SSSR count). The van der Waals surface area contributed by atoms with Crippen LogP contribution in [0.2, 0.25) is 0 Å². The Bertz CT molecular complexity index is 1050. The van der Waals surface area contributed by atoms with Gasteiger partial charge in [0.25, 0.3) is 11.8 Å². The molecule has 166 valence electrons. The van der Waals surface area contributed by atoms with Gasteiger partial charge in [-0.25, -0.2) is 0 Å². The Kier molecular flexibility index (Phi) is 7.86. The predicted octanol–water partition coefficient (Wildman–Crippen LogP) is 4.38. The normalized spacial score (nSPS) is 11.3. The van der Waals surface area contributed by atoms with Crippen molar-refractivity contribution >= 4 is 17.5 Å². The lowest BCUT2D eigenvalue weighted by Gasteiger charge is -2.16. The van der Waals surface area contributed by atoms with Gasteiger partial charge >= 0.3 is 0 Å². The molecule has 0 aliphatic heterocycles. The fraction of sp³-hybridized carbons (Fsp3) is 0.231. The Hall–Kier alpha value is -3.80. The fourth-order valence-electron chi connectivity index (χ4n) is 3.11. The Balaban J connectivity index is 1.57. The average Bonchev–Trinajstić information content (AvgIpc) is 2.81. The lowest BCUT2D eigenvalue weighted by Crippen LogP contribution is -2.32. The number of hydrogen-bond acceptors (Lipinski definition) is 4. The highest BCUT2D eigenvalue weighted by Crippen LogP contribution is 2.18. The van der Waals surface area contributed by atoms with Gasteiger partial charge in [-0.1, -0.05) is 42.0 Å². The van der Waals surface area contributed by atoms with Gasteiger partial charge in [-0.05, 0) is 62.2 Å². The van der Waals surface area contributed by atoms with Crippen LogP contribution < -0.4 is 20.1 Å². The van der Waals surface area contributed by atoms with Crippen LogP contribution in [0, 0.1) is 6.92 Å². The maximum Gasteiger partial charge on any atom is 0.265 e. The zero-order chi connectivity index (χ0) is 22.9. The molecule has 3 aromatic rings. The zero-order valence-electron chi connectivity index (χ0n) is 18.6. The molecule has 0 heterocycles. The van der Waals surface area contributed by atoms with E-state index in [1.54, 1.807) is 38.3 Å². The summed E-state index contributed by atoms with van der Waals surface area (Å²) < 4.78 is 10.9. The smallest absolute Gasteiger partial charge is 0.265 e. The van der Waals surface area contributed by atoms with E-state index in [0.717, 1.165) is 16.9 Å². The molecule has 0 bridgehead atoms. The van der Waals surface area contributed by atoms with E-state index in [2.05, 4.69) is 10.6 Å². The highest BCUT2D eigenvalue weighted by Gasteiger charge is 2.18. The minimum Gasteiger partial charge on any atom is -0.497 e. The molecule has 0 saturated carbocycles. The third kappa shape index (κ3) is 6.35. The summed E-state index contributed by atoms with van der Waals surface area (Å²) in [6.45, 7) is 4.13. The molecule has 1 atom stereocenters. The molecule has 0 radical (unpaired) electrons. The lowest BCUT2D eigenvalue weighted by molar-refractivity contribution is -0.122. The van der Waals surface area contributed by atoms with Crippen LogP contribution in [-0.4, -0.2) is 31.6 Å². The largest absolute Gasteiger partial charge is 0.497 e. The molecule has 0 aliphatic rings. The van der Waals surface area contributed by atoms with Gasteiger partial charge in [0.1, 0.15) is 11.5 Å². The number of benzene rings is 3. The van der Waals surface area contributed by atoms with Crippen LogP contribution >= 0.6 is 0 Å². The van der Waals surface area contributed by atoms with Gasteiger partial charge in [0.05, 0.1) is 18.4 Å². The van der Waals surface area contributed by atoms with Gasteiger partial charge in [0.2, 0.25) is 0 Å². The van der Waals surface area contributed by atoms with E-state index < -0.39 is 6.10 Å². The van der Waals surface area contributed by atoms with Gasteiger partial charge in [-0.15, -0.1) is 0 Å². The molecule has 0 spiro atoms. The van der Waals surface area contributed by atoms with Gasteiger partial charge in [-0.3, -0.25) is 9.59 Å². The van der Waals surface area contributed by atoms with Gasteiger partial charge in [0.15, 0.2) is 6.10 Å². The molecule has 2 N–H and O–H groups in total. The van der Waals surface area contributed by atoms with Crippen LogP contribution in [-0.2, 0) is 11.2 Å². The first-order chi connectivity index (χ1) is 15.5. The topological polar surface area (TPSA) is 76.7 Å². The van der Waals surface area contributed by atoms with Crippen molar-refractivity contribution in [1.29, 1.82) is 0 Å². The van der Waals surface area contributed by atoms with Gasteiger partial charge in [0, 0.05) is 6.54 Å². The van der Waals surface area contributed by atoms with Crippen LogP contribution in [0.1, 0.15) is 28.4 Å². The number of para-hydroxylation sites is 1. The van der Waals surface area contributed by atoms with Crippen LogP contribution in [0.25, 0.3) is 0 Å². The first-order valence-corrected chi connectivity index (χ1v) is 10.5. The highest BCUT2D eigenvalue weighted by atomic mass is 16.5. The second kappa shape index (κ2) is 11.0. The number of methoxy groups -OCH3 is 1. The van der Waals surface area contributed by atoms with Crippen LogP contribution in [0.4, 0.5) is 5.69 Å². The summed E-state index contributed by atoms with van der Waals surface area (Å²) in [6.07, 6.45) is -0.0324. The van der Waals surface area contributed by atoms with E-state index in [1.807, 2.05) is 55.5 Å². The van der Waals surface area contributed by atoms with Crippen molar-refractivity contribution in [2.45, 2.75) is 26.4 Å².